The molecular weight excluding hydrogens is 238 g/mol. The van der Waals surface area contributed by atoms with Crippen molar-refractivity contribution in [2.24, 2.45) is 0 Å². The molecule has 1 saturated heterocycles. The van der Waals surface area contributed by atoms with Crippen LogP contribution in [0.4, 0.5) is 0 Å². The molecule has 0 saturated carbocycles. The average molecular weight is 255 g/mol. The molecule has 0 bridgehead atoms. The van der Waals surface area contributed by atoms with E-state index in [4.69, 9.17) is 0 Å². The van der Waals surface area contributed by atoms with Gasteiger partial charge in [0.15, 0.2) is 0 Å². The van der Waals surface area contributed by atoms with Gasteiger partial charge in [0.05, 0.1) is 5.75 Å². The van der Waals surface area contributed by atoms with Crippen molar-refractivity contribution in [3.63, 3.8) is 0 Å². The maximum Gasteiger partial charge on any atom is 0.215 e. The number of sulfonamides is 1. The molecule has 2 heterocycles. The molecule has 0 amide bonds. The minimum Gasteiger partial charge on any atom is -0.316 e. The van der Waals surface area contributed by atoms with E-state index in [9.17, 15) is 8.42 Å². The molecule has 94 valence electrons. The third-order valence-electron chi connectivity index (χ3n) is 2.80. The van der Waals surface area contributed by atoms with E-state index in [0.717, 1.165) is 18.5 Å². The Kier molecular flexibility index (Phi) is 4.09. The van der Waals surface area contributed by atoms with Gasteiger partial charge in [-0.3, -0.25) is 4.98 Å². The van der Waals surface area contributed by atoms with Gasteiger partial charge in [-0.1, -0.05) is 0 Å². The smallest absolute Gasteiger partial charge is 0.215 e. The monoisotopic (exact) mass is 255 g/mol. The van der Waals surface area contributed by atoms with Crippen LogP contribution in [0.25, 0.3) is 0 Å². The Hall–Kier alpha value is -0.980. The third-order valence-corrected chi connectivity index (χ3v) is 4.62. The topological polar surface area (TPSA) is 62.3 Å². The molecule has 1 aliphatic heterocycles. The van der Waals surface area contributed by atoms with Crippen LogP contribution in [0, 0.1) is 0 Å². The first-order valence-electron chi connectivity index (χ1n) is 5.76. The van der Waals surface area contributed by atoms with Crippen LogP contribution in [-0.4, -0.2) is 43.1 Å². The minimum atomic E-state index is -3.13. The minimum absolute atomic E-state index is 0.179. The van der Waals surface area contributed by atoms with E-state index in [-0.39, 0.29) is 5.75 Å². The summed E-state index contributed by atoms with van der Waals surface area (Å²) in [6.07, 6.45) is 4.23. The summed E-state index contributed by atoms with van der Waals surface area (Å²) in [6, 6.07) is 3.71. The van der Waals surface area contributed by atoms with Crippen molar-refractivity contribution in [3.8, 4) is 0 Å². The molecule has 0 radical (unpaired) electrons. The quantitative estimate of drug-likeness (QED) is 0.820. The first-order valence-corrected chi connectivity index (χ1v) is 7.37. The highest BCUT2D eigenvalue weighted by Gasteiger charge is 2.22. The van der Waals surface area contributed by atoms with Crippen LogP contribution >= 0.6 is 0 Å². The Labute approximate surface area is 102 Å². The van der Waals surface area contributed by atoms with Gasteiger partial charge >= 0.3 is 0 Å². The fourth-order valence-corrected chi connectivity index (χ4v) is 3.26. The van der Waals surface area contributed by atoms with Gasteiger partial charge in [0, 0.05) is 32.0 Å². The lowest BCUT2D eigenvalue weighted by atomic mass is 10.2. The largest absolute Gasteiger partial charge is 0.316 e. The summed E-state index contributed by atoms with van der Waals surface area (Å²) in [5.74, 6) is 0.179. The van der Waals surface area contributed by atoms with E-state index in [1.807, 2.05) is 12.1 Å². The third kappa shape index (κ3) is 3.49. The molecule has 0 aromatic carbocycles. The maximum absolute atomic E-state index is 12.0. The second-order valence-corrected chi connectivity index (χ2v) is 6.20. The molecule has 0 atom stereocenters. The Morgan fingerprint density at radius 2 is 2.06 bits per heavy atom. The van der Waals surface area contributed by atoms with Crippen LogP contribution in [0.1, 0.15) is 12.0 Å². The van der Waals surface area contributed by atoms with Crippen molar-refractivity contribution in [1.82, 2.24) is 14.6 Å². The van der Waals surface area contributed by atoms with Crippen molar-refractivity contribution in [1.29, 1.82) is 0 Å². The summed E-state index contributed by atoms with van der Waals surface area (Å²) in [5.41, 5.74) is 0.983. The van der Waals surface area contributed by atoms with Crippen molar-refractivity contribution in [3.05, 3.63) is 30.1 Å². The van der Waals surface area contributed by atoms with Crippen molar-refractivity contribution in [2.75, 3.05) is 25.4 Å². The Morgan fingerprint density at radius 1 is 1.29 bits per heavy atom. The van der Waals surface area contributed by atoms with Gasteiger partial charge in [-0.2, -0.15) is 4.31 Å². The lowest BCUT2D eigenvalue weighted by Gasteiger charge is -2.24. The highest BCUT2D eigenvalue weighted by atomic mass is 32.2. The van der Waals surface area contributed by atoms with Crippen LogP contribution in [0.2, 0.25) is 0 Å². The van der Waals surface area contributed by atoms with Crippen LogP contribution in [-0.2, 0) is 16.6 Å². The van der Waals surface area contributed by atoms with Gasteiger partial charge in [-0.15, -0.1) is 0 Å². The summed E-state index contributed by atoms with van der Waals surface area (Å²) in [5, 5.41) is 3.11. The van der Waals surface area contributed by atoms with Crippen molar-refractivity contribution >= 4 is 10.0 Å². The second-order valence-electron chi connectivity index (χ2n) is 4.11. The van der Waals surface area contributed by atoms with Gasteiger partial charge in [-0.05, 0) is 30.7 Å². The van der Waals surface area contributed by atoms with Crippen molar-refractivity contribution in [2.45, 2.75) is 13.0 Å². The summed E-state index contributed by atoms with van der Waals surface area (Å²) < 4.78 is 25.6. The molecule has 6 heteroatoms. The van der Waals surface area contributed by atoms with E-state index in [1.165, 1.54) is 0 Å². The Balaban J connectivity index is 2.11. The Bertz CT molecular complexity index is 447. The SMILES string of the molecule is O=S1(=O)CCNCCCN1Cc1ccncc1. The van der Waals surface area contributed by atoms with Gasteiger partial charge in [0.2, 0.25) is 10.0 Å². The molecule has 1 aromatic rings. The zero-order valence-corrected chi connectivity index (χ0v) is 10.5. The average Bonchev–Trinajstić information content (AvgIpc) is 2.31. The van der Waals surface area contributed by atoms with Crippen LogP contribution in [0.3, 0.4) is 0 Å². The molecule has 0 spiro atoms. The normalized spacial score (nSPS) is 21.6. The number of pyridine rings is 1. The molecule has 1 aromatic heterocycles. The van der Waals surface area contributed by atoms with Crippen LogP contribution < -0.4 is 5.32 Å². The number of aromatic nitrogens is 1. The van der Waals surface area contributed by atoms with E-state index in [1.54, 1.807) is 16.7 Å². The zero-order valence-electron chi connectivity index (χ0n) is 9.67. The maximum atomic E-state index is 12.0. The fraction of sp³-hybridized carbons (Fsp3) is 0.545. The predicted octanol–water partition coefficient (Wildman–Crippen LogP) is 0.207. The summed E-state index contributed by atoms with van der Waals surface area (Å²) >= 11 is 0. The van der Waals surface area contributed by atoms with Crippen LogP contribution in [0.15, 0.2) is 24.5 Å². The van der Waals surface area contributed by atoms with Crippen LogP contribution in [0.5, 0.6) is 0 Å². The van der Waals surface area contributed by atoms with Gasteiger partial charge in [0.1, 0.15) is 0 Å². The second kappa shape index (κ2) is 5.57. The summed E-state index contributed by atoms with van der Waals surface area (Å²) in [6.45, 7) is 2.44. The van der Waals surface area contributed by atoms with E-state index in [0.29, 0.717) is 19.6 Å². The molecular formula is C11H17N3O2S. The molecule has 17 heavy (non-hydrogen) atoms. The number of rotatable bonds is 2. The molecule has 2 rings (SSSR count). The zero-order chi connectivity index (χ0) is 12.1. The van der Waals surface area contributed by atoms with E-state index < -0.39 is 10.0 Å². The summed E-state index contributed by atoms with van der Waals surface area (Å²) in [7, 11) is -3.13. The fourth-order valence-electron chi connectivity index (χ4n) is 1.84. The highest BCUT2D eigenvalue weighted by Crippen LogP contribution is 2.10. The summed E-state index contributed by atoms with van der Waals surface area (Å²) in [4.78, 5) is 3.93. The number of hydrogen-bond donors (Lipinski definition) is 1. The standard InChI is InChI=1S/C11H17N3O2S/c15-17(16)9-7-12-4-1-8-14(17)10-11-2-5-13-6-3-11/h2-3,5-6,12H,1,4,7-10H2. The van der Waals surface area contributed by atoms with Gasteiger partial charge in [0.25, 0.3) is 0 Å². The lowest BCUT2D eigenvalue weighted by molar-refractivity contribution is 0.387. The molecule has 1 N–H and O–H groups in total. The molecule has 1 fully saturated rings. The molecule has 1 aliphatic rings. The predicted molar refractivity (Wildman–Crippen MR) is 65.9 cm³/mol. The molecule has 0 unspecified atom stereocenters. The van der Waals surface area contributed by atoms with Crippen molar-refractivity contribution < 1.29 is 8.42 Å². The molecule has 0 aliphatic carbocycles. The number of nitrogens with zero attached hydrogens (tertiary/aromatic N) is 2. The van der Waals surface area contributed by atoms with E-state index >= 15 is 0 Å². The number of hydrogen-bond acceptors (Lipinski definition) is 4. The van der Waals surface area contributed by atoms with Gasteiger partial charge in [-0.25, -0.2) is 8.42 Å². The highest BCUT2D eigenvalue weighted by molar-refractivity contribution is 7.89. The first-order chi connectivity index (χ1) is 8.18. The van der Waals surface area contributed by atoms with Gasteiger partial charge < -0.3 is 5.32 Å². The Morgan fingerprint density at radius 3 is 2.82 bits per heavy atom. The van der Waals surface area contributed by atoms with E-state index in [2.05, 4.69) is 10.3 Å². The molecule has 5 nitrogen and oxygen atoms in total. The number of nitrogens with one attached hydrogen (secondary N) is 1. The first kappa shape index (κ1) is 12.5. The lowest BCUT2D eigenvalue weighted by Crippen LogP contribution is -2.40.